The lowest BCUT2D eigenvalue weighted by molar-refractivity contribution is -0.114. The van der Waals surface area contributed by atoms with Crippen LogP contribution < -0.4 is 10.1 Å². The lowest BCUT2D eigenvalue weighted by Gasteiger charge is -2.12. The number of carbonyl (C=O) groups excluding carboxylic acids is 2. The van der Waals surface area contributed by atoms with Gasteiger partial charge in [-0.2, -0.15) is 0 Å². The van der Waals surface area contributed by atoms with Crippen LogP contribution in [0.3, 0.4) is 0 Å². The standard InChI is InChI=1S/C19H22N2O6S/c1-14(22)20-16-6-4-5-15(13-16)19(23)27-12-11-26-17-7-9-18(10-8-17)28(24,25)21(2)3/h4-10,13H,11-12H2,1-3H3,(H,20,22). The number of ether oxygens (including phenoxy) is 2. The second-order valence-corrected chi connectivity index (χ2v) is 8.16. The number of sulfonamides is 1. The van der Waals surface area contributed by atoms with E-state index in [4.69, 9.17) is 9.47 Å². The van der Waals surface area contributed by atoms with Crippen LogP contribution in [0.4, 0.5) is 5.69 Å². The fourth-order valence-corrected chi connectivity index (χ4v) is 3.12. The number of nitrogens with zero attached hydrogens (tertiary/aromatic N) is 1. The van der Waals surface area contributed by atoms with E-state index in [2.05, 4.69) is 5.32 Å². The number of hydrogen-bond acceptors (Lipinski definition) is 6. The average molecular weight is 406 g/mol. The molecule has 2 aromatic carbocycles. The van der Waals surface area contributed by atoms with Crippen molar-refractivity contribution in [3.8, 4) is 5.75 Å². The van der Waals surface area contributed by atoms with Crippen molar-refractivity contribution in [3.05, 3.63) is 54.1 Å². The number of amides is 1. The molecule has 1 amide bonds. The minimum Gasteiger partial charge on any atom is -0.490 e. The predicted octanol–water partition coefficient (Wildman–Crippen LogP) is 2.13. The zero-order chi connectivity index (χ0) is 20.7. The van der Waals surface area contributed by atoms with Crippen molar-refractivity contribution >= 4 is 27.6 Å². The molecule has 1 N–H and O–H groups in total. The quantitative estimate of drug-likeness (QED) is 0.532. The van der Waals surface area contributed by atoms with Gasteiger partial charge in [-0.3, -0.25) is 4.79 Å². The molecular formula is C19H22N2O6S. The van der Waals surface area contributed by atoms with Crippen LogP contribution in [-0.2, 0) is 19.6 Å². The smallest absolute Gasteiger partial charge is 0.338 e. The number of rotatable bonds is 8. The molecule has 0 unspecified atom stereocenters. The lowest BCUT2D eigenvalue weighted by Crippen LogP contribution is -2.22. The highest BCUT2D eigenvalue weighted by molar-refractivity contribution is 7.89. The summed E-state index contributed by atoms with van der Waals surface area (Å²) in [6.45, 7) is 1.50. The third-order valence-electron chi connectivity index (χ3n) is 3.61. The van der Waals surface area contributed by atoms with E-state index in [1.54, 1.807) is 18.2 Å². The molecule has 0 heterocycles. The maximum absolute atomic E-state index is 12.1. The molecular weight excluding hydrogens is 384 g/mol. The van der Waals surface area contributed by atoms with Gasteiger partial charge in [-0.1, -0.05) is 6.07 Å². The first-order valence-corrected chi connectivity index (χ1v) is 9.84. The first-order chi connectivity index (χ1) is 13.2. The molecule has 0 bridgehead atoms. The molecule has 2 rings (SSSR count). The van der Waals surface area contributed by atoms with E-state index in [9.17, 15) is 18.0 Å². The van der Waals surface area contributed by atoms with Crippen LogP contribution in [0.5, 0.6) is 5.75 Å². The fraction of sp³-hybridized carbons (Fsp3) is 0.263. The Hall–Kier alpha value is -2.91. The molecule has 0 aromatic heterocycles. The molecule has 2 aromatic rings. The highest BCUT2D eigenvalue weighted by atomic mass is 32.2. The third-order valence-corrected chi connectivity index (χ3v) is 5.44. The van der Waals surface area contributed by atoms with Crippen LogP contribution in [0.1, 0.15) is 17.3 Å². The van der Waals surface area contributed by atoms with Crippen LogP contribution in [0.25, 0.3) is 0 Å². The minimum atomic E-state index is -3.49. The Morgan fingerprint density at radius 3 is 2.32 bits per heavy atom. The minimum absolute atomic E-state index is 0.0148. The first kappa shape index (κ1) is 21.4. The fourth-order valence-electron chi connectivity index (χ4n) is 2.22. The van der Waals surface area contributed by atoms with Crippen molar-refractivity contribution < 1.29 is 27.5 Å². The summed E-state index contributed by atoms with van der Waals surface area (Å²) in [6, 6.07) is 12.4. The Kier molecular flexibility index (Phi) is 7.13. The third kappa shape index (κ3) is 5.80. The Morgan fingerprint density at radius 1 is 1.04 bits per heavy atom. The average Bonchev–Trinajstić information content (AvgIpc) is 2.65. The van der Waals surface area contributed by atoms with Gasteiger partial charge in [0.15, 0.2) is 0 Å². The molecule has 28 heavy (non-hydrogen) atoms. The largest absolute Gasteiger partial charge is 0.490 e. The molecule has 150 valence electrons. The highest BCUT2D eigenvalue weighted by Crippen LogP contribution is 2.18. The van der Waals surface area contributed by atoms with Gasteiger partial charge in [0.1, 0.15) is 19.0 Å². The predicted molar refractivity (Wildman–Crippen MR) is 104 cm³/mol. The number of carbonyl (C=O) groups is 2. The van der Waals surface area contributed by atoms with Gasteiger partial charge in [-0.15, -0.1) is 0 Å². The van der Waals surface area contributed by atoms with Crippen molar-refractivity contribution in [2.75, 3.05) is 32.6 Å². The summed E-state index contributed by atoms with van der Waals surface area (Å²) in [5.74, 6) is -0.312. The number of hydrogen-bond donors (Lipinski definition) is 1. The zero-order valence-corrected chi connectivity index (χ0v) is 16.7. The van der Waals surface area contributed by atoms with Crippen molar-refractivity contribution in [1.29, 1.82) is 0 Å². The van der Waals surface area contributed by atoms with Gasteiger partial charge in [-0.05, 0) is 42.5 Å². The lowest BCUT2D eigenvalue weighted by atomic mass is 10.2. The van der Waals surface area contributed by atoms with E-state index in [0.717, 1.165) is 4.31 Å². The summed E-state index contributed by atoms with van der Waals surface area (Å²) in [7, 11) is -0.573. The summed E-state index contributed by atoms with van der Waals surface area (Å²) in [5, 5.41) is 2.59. The summed E-state index contributed by atoms with van der Waals surface area (Å²) < 4.78 is 35.7. The van der Waals surface area contributed by atoms with Gasteiger partial charge in [-0.25, -0.2) is 17.5 Å². The Bertz CT molecular complexity index is 939. The van der Waals surface area contributed by atoms with Crippen LogP contribution in [-0.4, -0.2) is 51.9 Å². The maximum Gasteiger partial charge on any atom is 0.338 e. The molecule has 8 nitrogen and oxygen atoms in total. The number of benzene rings is 2. The Labute approximate surface area is 164 Å². The second kappa shape index (κ2) is 9.34. The molecule has 0 fully saturated rings. The summed E-state index contributed by atoms with van der Waals surface area (Å²) in [4.78, 5) is 23.3. The maximum atomic E-state index is 12.1. The van der Waals surface area contributed by atoms with Gasteiger partial charge in [0, 0.05) is 26.7 Å². The summed E-state index contributed by atoms with van der Waals surface area (Å²) >= 11 is 0. The van der Waals surface area contributed by atoms with Crippen molar-refractivity contribution in [2.24, 2.45) is 0 Å². The van der Waals surface area contributed by atoms with Crippen molar-refractivity contribution in [1.82, 2.24) is 4.31 Å². The molecule has 0 spiro atoms. The normalized spacial score (nSPS) is 11.1. The molecule has 0 aliphatic carbocycles. The first-order valence-electron chi connectivity index (χ1n) is 8.40. The van der Waals surface area contributed by atoms with Crippen molar-refractivity contribution in [2.45, 2.75) is 11.8 Å². The topological polar surface area (TPSA) is 102 Å². The highest BCUT2D eigenvalue weighted by Gasteiger charge is 2.16. The second-order valence-electron chi connectivity index (χ2n) is 6.01. The van der Waals surface area contributed by atoms with Gasteiger partial charge in [0.25, 0.3) is 0 Å². The molecule has 9 heteroatoms. The number of esters is 1. The van der Waals surface area contributed by atoms with E-state index >= 15 is 0 Å². The SMILES string of the molecule is CC(=O)Nc1cccc(C(=O)OCCOc2ccc(S(=O)(=O)N(C)C)cc2)c1. The van der Waals surface area contributed by atoms with Gasteiger partial charge >= 0.3 is 5.97 Å². The van der Waals surface area contributed by atoms with Crippen molar-refractivity contribution in [3.63, 3.8) is 0 Å². The number of anilines is 1. The zero-order valence-electron chi connectivity index (χ0n) is 15.8. The van der Waals surface area contributed by atoms with E-state index in [1.165, 1.54) is 51.4 Å². The van der Waals surface area contributed by atoms with Crippen LogP contribution in [0.2, 0.25) is 0 Å². The molecule has 0 atom stereocenters. The van der Waals surface area contributed by atoms with Crippen LogP contribution in [0, 0.1) is 0 Å². The van der Waals surface area contributed by atoms with E-state index < -0.39 is 16.0 Å². The van der Waals surface area contributed by atoms with Gasteiger partial charge in [0.05, 0.1) is 10.5 Å². The van der Waals surface area contributed by atoms with Crippen LogP contribution in [0.15, 0.2) is 53.4 Å². The number of nitrogens with one attached hydrogen (secondary N) is 1. The van der Waals surface area contributed by atoms with Crippen LogP contribution >= 0.6 is 0 Å². The molecule has 0 saturated carbocycles. The monoisotopic (exact) mass is 406 g/mol. The van der Waals surface area contributed by atoms with Gasteiger partial charge < -0.3 is 14.8 Å². The molecule has 0 aliphatic heterocycles. The van der Waals surface area contributed by atoms with E-state index in [0.29, 0.717) is 17.0 Å². The van der Waals surface area contributed by atoms with E-state index in [-0.39, 0.29) is 24.0 Å². The van der Waals surface area contributed by atoms with E-state index in [1.807, 2.05) is 0 Å². The molecule has 0 radical (unpaired) electrons. The van der Waals surface area contributed by atoms with Gasteiger partial charge in [0.2, 0.25) is 15.9 Å². The molecule has 0 aliphatic rings. The summed E-state index contributed by atoms with van der Waals surface area (Å²) in [5.41, 5.74) is 0.815. The summed E-state index contributed by atoms with van der Waals surface area (Å²) in [6.07, 6.45) is 0. The molecule has 0 saturated heterocycles. The Balaban J connectivity index is 1.84. The Morgan fingerprint density at radius 2 is 1.71 bits per heavy atom.